The van der Waals surface area contributed by atoms with Gasteiger partial charge in [-0.25, -0.2) is 0 Å². The average molecular weight is 341 g/mol. The van der Waals surface area contributed by atoms with Gasteiger partial charge in [-0.1, -0.05) is 42.8 Å². The normalized spacial score (nSPS) is 13.2. The molecule has 2 aromatic carbocycles. The van der Waals surface area contributed by atoms with Gasteiger partial charge in [-0.2, -0.15) is 0 Å². The quantitative estimate of drug-likeness (QED) is 0.345. The first-order chi connectivity index (χ1) is 12.2. The minimum absolute atomic E-state index is 0.288. The van der Waals surface area contributed by atoms with Gasteiger partial charge in [0, 0.05) is 11.4 Å². The van der Waals surface area contributed by atoms with Crippen LogP contribution in [-0.4, -0.2) is 25.4 Å². The number of benzene rings is 2. The summed E-state index contributed by atoms with van der Waals surface area (Å²) >= 11 is 0. The molecule has 0 amide bonds. The monoisotopic (exact) mass is 340 g/mol. The minimum atomic E-state index is 0.288. The molecule has 2 aromatic rings. The number of unbranched alkanes of at least 4 members (excludes halogenated alkanes) is 2. The third-order valence-electron chi connectivity index (χ3n) is 4.07. The predicted molar refractivity (Wildman–Crippen MR) is 109 cm³/mol. The second kappa shape index (κ2) is 11.5. The summed E-state index contributed by atoms with van der Waals surface area (Å²) in [6, 6.07) is 20.6. The molecule has 0 spiro atoms. The van der Waals surface area contributed by atoms with Crippen molar-refractivity contribution in [2.75, 3.05) is 23.7 Å². The van der Waals surface area contributed by atoms with E-state index in [1.54, 1.807) is 0 Å². The van der Waals surface area contributed by atoms with Gasteiger partial charge in [-0.05, 0) is 64.0 Å². The van der Waals surface area contributed by atoms with Crippen molar-refractivity contribution in [3.05, 3.63) is 60.7 Å². The highest BCUT2D eigenvalue weighted by atomic mass is 15.1. The summed E-state index contributed by atoms with van der Waals surface area (Å²) in [5.41, 5.74) is 2.32. The standard InChI is InChI=1S/C21H32N4/c1-18(24-20-12-6-3-7-13-20)22-16-10-5-11-17-23-19(2)25-21-14-8-4-9-15-21/h3-4,6-9,12-15,18-19,22-25H,5,10-11,16-17H2,1-2H3. The lowest BCUT2D eigenvalue weighted by molar-refractivity contribution is 0.526. The minimum Gasteiger partial charge on any atom is -0.370 e. The molecule has 0 fully saturated rings. The van der Waals surface area contributed by atoms with Gasteiger partial charge in [0.1, 0.15) is 0 Å². The van der Waals surface area contributed by atoms with Crippen LogP contribution < -0.4 is 21.3 Å². The fourth-order valence-corrected chi connectivity index (χ4v) is 2.73. The smallest absolute Gasteiger partial charge is 0.0739 e. The molecule has 2 unspecified atom stereocenters. The summed E-state index contributed by atoms with van der Waals surface area (Å²) in [5.74, 6) is 0. The van der Waals surface area contributed by atoms with E-state index in [4.69, 9.17) is 0 Å². The Labute approximate surface area is 152 Å². The van der Waals surface area contributed by atoms with E-state index >= 15 is 0 Å². The maximum atomic E-state index is 3.52. The number of anilines is 2. The van der Waals surface area contributed by atoms with Crippen LogP contribution >= 0.6 is 0 Å². The zero-order valence-corrected chi connectivity index (χ0v) is 15.5. The van der Waals surface area contributed by atoms with Crippen molar-refractivity contribution in [1.29, 1.82) is 0 Å². The van der Waals surface area contributed by atoms with Crippen LogP contribution in [-0.2, 0) is 0 Å². The van der Waals surface area contributed by atoms with Gasteiger partial charge in [0.2, 0.25) is 0 Å². The molecular weight excluding hydrogens is 308 g/mol. The van der Waals surface area contributed by atoms with Crippen LogP contribution in [0.5, 0.6) is 0 Å². The molecule has 0 saturated carbocycles. The summed E-state index contributed by atoms with van der Waals surface area (Å²) in [4.78, 5) is 0. The molecule has 0 aliphatic heterocycles. The highest BCUT2D eigenvalue weighted by Crippen LogP contribution is 2.07. The van der Waals surface area contributed by atoms with E-state index in [-0.39, 0.29) is 12.3 Å². The molecule has 0 aliphatic carbocycles. The average Bonchev–Trinajstić information content (AvgIpc) is 2.62. The van der Waals surface area contributed by atoms with Crippen molar-refractivity contribution in [2.24, 2.45) is 0 Å². The Bertz CT molecular complexity index is 507. The SMILES string of the molecule is CC(NCCCCCNC(C)Nc1ccccc1)Nc1ccccc1. The molecule has 136 valence electrons. The molecule has 0 bridgehead atoms. The number of rotatable bonds is 12. The van der Waals surface area contributed by atoms with E-state index < -0.39 is 0 Å². The molecule has 4 nitrogen and oxygen atoms in total. The number of nitrogens with one attached hydrogen (secondary N) is 4. The summed E-state index contributed by atoms with van der Waals surface area (Å²) < 4.78 is 0. The Kier molecular flexibility index (Phi) is 8.87. The van der Waals surface area contributed by atoms with Crippen molar-refractivity contribution in [3.8, 4) is 0 Å². The summed E-state index contributed by atoms with van der Waals surface area (Å²) in [7, 11) is 0. The van der Waals surface area contributed by atoms with E-state index in [1.807, 2.05) is 12.1 Å². The van der Waals surface area contributed by atoms with Crippen LogP contribution in [0.4, 0.5) is 11.4 Å². The van der Waals surface area contributed by atoms with E-state index in [9.17, 15) is 0 Å². The van der Waals surface area contributed by atoms with Gasteiger partial charge in [-0.3, -0.25) is 10.6 Å². The maximum Gasteiger partial charge on any atom is 0.0739 e. The second-order valence-electron chi connectivity index (χ2n) is 6.43. The van der Waals surface area contributed by atoms with Crippen LogP contribution in [0.3, 0.4) is 0 Å². The summed E-state index contributed by atoms with van der Waals surface area (Å²) in [6.45, 7) is 6.40. The van der Waals surface area contributed by atoms with Crippen LogP contribution in [0.15, 0.2) is 60.7 Å². The first-order valence-electron chi connectivity index (χ1n) is 9.34. The molecule has 0 heterocycles. The van der Waals surface area contributed by atoms with E-state index in [0.717, 1.165) is 24.5 Å². The van der Waals surface area contributed by atoms with E-state index in [0.29, 0.717) is 0 Å². The van der Waals surface area contributed by atoms with Gasteiger partial charge >= 0.3 is 0 Å². The maximum absolute atomic E-state index is 3.52. The van der Waals surface area contributed by atoms with Crippen LogP contribution in [0.25, 0.3) is 0 Å². The second-order valence-corrected chi connectivity index (χ2v) is 6.43. The lowest BCUT2D eigenvalue weighted by Crippen LogP contribution is -2.34. The van der Waals surface area contributed by atoms with Crippen molar-refractivity contribution in [3.63, 3.8) is 0 Å². The molecule has 4 N–H and O–H groups in total. The van der Waals surface area contributed by atoms with Crippen molar-refractivity contribution < 1.29 is 0 Å². The van der Waals surface area contributed by atoms with Crippen molar-refractivity contribution >= 4 is 11.4 Å². The lowest BCUT2D eigenvalue weighted by atomic mass is 10.2. The zero-order valence-electron chi connectivity index (χ0n) is 15.5. The third kappa shape index (κ3) is 8.57. The lowest BCUT2D eigenvalue weighted by Gasteiger charge is -2.18. The summed E-state index contributed by atoms with van der Waals surface area (Å²) in [6.07, 6.45) is 4.20. The largest absolute Gasteiger partial charge is 0.370 e. The molecule has 4 heteroatoms. The summed E-state index contributed by atoms with van der Waals surface area (Å²) in [5, 5.41) is 13.9. The molecule has 0 aromatic heterocycles. The van der Waals surface area contributed by atoms with Gasteiger partial charge in [0.05, 0.1) is 12.3 Å². The zero-order chi connectivity index (χ0) is 17.7. The Balaban J connectivity index is 1.45. The topological polar surface area (TPSA) is 48.1 Å². The Morgan fingerprint density at radius 1 is 0.600 bits per heavy atom. The van der Waals surface area contributed by atoms with Crippen molar-refractivity contribution in [1.82, 2.24) is 10.6 Å². The first kappa shape index (κ1) is 19.3. The highest BCUT2D eigenvalue weighted by Gasteiger charge is 2.01. The third-order valence-corrected chi connectivity index (χ3v) is 4.07. The van der Waals surface area contributed by atoms with Gasteiger partial charge < -0.3 is 10.6 Å². The van der Waals surface area contributed by atoms with Gasteiger partial charge in [-0.15, -0.1) is 0 Å². The fraction of sp³-hybridized carbons (Fsp3) is 0.429. The Morgan fingerprint density at radius 2 is 1.00 bits per heavy atom. The van der Waals surface area contributed by atoms with Gasteiger partial charge in [0.15, 0.2) is 0 Å². The molecule has 2 rings (SSSR count). The number of para-hydroxylation sites is 2. The number of hydrogen-bond acceptors (Lipinski definition) is 4. The van der Waals surface area contributed by atoms with Crippen LogP contribution in [0, 0.1) is 0 Å². The molecular formula is C21H32N4. The Hall–Kier alpha value is -2.04. The molecule has 0 aliphatic rings. The van der Waals surface area contributed by atoms with Crippen molar-refractivity contribution in [2.45, 2.75) is 45.4 Å². The molecule has 25 heavy (non-hydrogen) atoms. The van der Waals surface area contributed by atoms with E-state index in [2.05, 4.69) is 83.6 Å². The number of hydrogen-bond donors (Lipinski definition) is 4. The molecule has 0 radical (unpaired) electrons. The fourth-order valence-electron chi connectivity index (χ4n) is 2.73. The van der Waals surface area contributed by atoms with Crippen LogP contribution in [0.1, 0.15) is 33.1 Å². The molecule has 0 saturated heterocycles. The van der Waals surface area contributed by atoms with Gasteiger partial charge in [0.25, 0.3) is 0 Å². The first-order valence-corrected chi connectivity index (χ1v) is 9.34. The molecule has 2 atom stereocenters. The highest BCUT2D eigenvalue weighted by molar-refractivity contribution is 5.43. The predicted octanol–water partition coefficient (Wildman–Crippen LogP) is 4.25. The van der Waals surface area contributed by atoms with Crippen LogP contribution in [0.2, 0.25) is 0 Å². The van der Waals surface area contributed by atoms with E-state index in [1.165, 1.54) is 19.3 Å². The Morgan fingerprint density at radius 3 is 1.40 bits per heavy atom.